The average Bonchev–Trinajstić information content (AvgIpc) is 2.58. The zero-order chi connectivity index (χ0) is 14.1. The predicted octanol–water partition coefficient (Wildman–Crippen LogP) is 3.06. The summed E-state index contributed by atoms with van der Waals surface area (Å²) >= 11 is 0. The van der Waals surface area contributed by atoms with E-state index in [4.69, 9.17) is 4.74 Å². The topological polar surface area (TPSA) is 46.6 Å². The van der Waals surface area contributed by atoms with Gasteiger partial charge in [-0.1, -0.05) is 41.5 Å². The van der Waals surface area contributed by atoms with Crippen LogP contribution in [0.15, 0.2) is 0 Å². The molecular weight excluding hydrogens is 230 g/mol. The van der Waals surface area contributed by atoms with Crippen molar-refractivity contribution >= 4 is 12.0 Å². The number of cyclic esters (lactones) is 1. The van der Waals surface area contributed by atoms with Crippen LogP contribution in [0.4, 0.5) is 4.79 Å². The zero-order valence-electron chi connectivity index (χ0n) is 12.3. The van der Waals surface area contributed by atoms with Crippen molar-refractivity contribution in [1.82, 2.24) is 4.90 Å². The first-order valence-electron chi connectivity index (χ1n) is 6.63. The minimum Gasteiger partial charge on any atom is -0.447 e. The second-order valence-electron chi connectivity index (χ2n) is 6.62. The Morgan fingerprint density at radius 2 is 1.94 bits per heavy atom. The standard InChI is InChI=1S/C14H25NO3/c1-9(2)11-8-18-13(17)15(11)12(16)7-10(3)14(4,5)6/h9-11H,7-8H2,1-6H3/t10-,11+/m0/s1. The van der Waals surface area contributed by atoms with Crippen LogP contribution < -0.4 is 0 Å². The molecule has 1 fully saturated rings. The summed E-state index contributed by atoms with van der Waals surface area (Å²) in [6.07, 6.45) is -0.0956. The maximum atomic E-state index is 12.3. The van der Waals surface area contributed by atoms with E-state index in [9.17, 15) is 9.59 Å². The number of hydrogen-bond acceptors (Lipinski definition) is 3. The largest absolute Gasteiger partial charge is 0.447 e. The van der Waals surface area contributed by atoms with E-state index >= 15 is 0 Å². The minimum absolute atomic E-state index is 0.0621. The quantitative estimate of drug-likeness (QED) is 0.778. The van der Waals surface area contributed by atoms with E-state index in [1.807, 2.05) is 20.8 Å². The second kappa shape index (κ2) is 5.29. The van der Waals surface area contributed by atoms with Gasteiger partial charge in [0.15, 0.2) is 0 Å². The summed E-state index contributed by atoms with van der Waals surface area (Å²) in [6, 6.07) is -0.114. The van der Waals surface area contributed by atoms with Crippen molar-refractivity contribution in [2.24, 2.45) is 17.3 Å². The van der Waals surface area contributed by atoms with Gasteiger partial charge in [-0.05, 0) is 17.3 Å². The molecule has 4 nitrogen and oxygen atoms in total. The first kappa shape index (κ1) is 15.0. The Hall–Kier alpha value is -1.06. The molecular formula is C14H25NO3. The van der Waals surface area contributed by atoms with E-state index in [0.717, 1.165) is 0 Å². The predicted molar refractivity (Wildman–Crippen MR) is 70.1 cm³/mol. The third kappa shape index (κ3) is 3.24. The summed E-state index contributed by atoms with van der Waals surface area (Å²) in [4.78, 5) is 25.2. The molecule has 0 spiro atoms. The lowest BCUT2D eigenvalue weighted by Gasteiger charge is -2.29. The molecule has 2 atom stereocenters. The average molecular weight is 255 g/mol. The summed E-state index contributed by atoms with van der Waals surface area (Å²) in [6.45, 7) is 12.7. The summed E-state index contributed by atoms with van der Waals surface area (Å²) in [5, 5.41) is 0. The molecule has 0 aromatic rings. The van der Waals surface area contributed by atoms with Crippen molar-refractivity contribution < 1.29 is 14.3 Å². The van der Waals surface area contributed by atoms with Crippen LogP contribution in [-0.2, 0) is 9.53 Å². The van der Waals surface area contributed by atoms with Gasteiger partial charge in [0.05, 0.1) is 6.04 Å². The summed E-state index contributed by atoms with van der Waals surface area (Å²) < 4.78 is 4.99. The molecule has 1 saturated heterocycles. The number of carbonyl (C=O) groups excluding carboxylic acids is 2. The minimum atomic E-state index is -0.486. The second-order valence-corrected chi connectivity index (χ2v) is 6.62. The van der Waals surface area contributed by atoms with Crippen LogP contribution in [0.5, 0.6) is 0 Å². The van der Waals surface area contributed by atoms with Gasteiger partial charge in [-0.15, -0.1) is 0 Å². The fraction of sp³-hybridized carbons (Fsp3) is 0.857. The smallest absolute Gasteiger partial charge is 0.416 e. The maximum Gasteiger partial charge on any atom is 0.416 e. The third-order valence-electron chi connectivity index (χ3n) is 3.90. The summed E-state index contributed by atoms with van der Waals surface area (Å²) in [7, 11) is 0. The van der Waals surface area contributed by atoms with Gasteiger partial charge in [0, 0.05) is 6.42 Å². The molecule has 2 amide bonds. The van der Waals surface area contributed by atoms with Crippen molar-refractivity contribution in [3.8, 4) is 0 Å². The van der Waals surface area contributed by atoms with E-state index in [1.54, 1.807) is 0 Å². The Morgan fingerprint density at radius 3 is 2.39 bits per heavy atom. The van der Waals surface area contributed by atoms with E-state index in [2.05, 4.69) is 20.8 Å². The number of ether oxygens (including phenoxy) is 1. The molecule has 18 heavy (non-hydrogen) atoms. The van der Waals surface area contributed by atoms with Crippen LogP contribution >= 0.6 is 0 Å². The molecule has 1 heterocycles. The molecule has 0 bridgehead atoms. The van der Waals surface area contributed by atoms with Crippen LogP contribution in [-0.4, -0.2) is 29.5 Å². The van der Waals surface area contributed by atoms with Crippen molar-refractivity contribution in [1.29, 1.82) is 0 Å². The van der Waals surface area contributed by atoms with Crippen molar-refractivity contribution in [3.05, 3.63) is 0 Å². The van der Waals surface area contributed by atoms with Crippen LogP contribution in [0.25, 0.3) is 0 Å². The lowest BCUT2D eigenvalue weighted by Crippen LogP contribution is -2.43. The molecule has 0 saturated carbocycles. The number of hydrogen-bond donors (Lipinski definition) is 0. The molecule has 0 unspecified atom stereocenters. The van der Waals surface area contributed by atoms with Crippen molar-refractivity contribution in [3.63, 3.8) is 0 Å². The van der Waals surface area contributed by atoms with E-state index in [0.29, 0.717) is 13.0 Å². The van der Waals surface area contributed by atoms with Crippen LogP contribution in [0, 0.1) is 17.3 Å². The highest BCUT2D eigenvalue weighted by atomic mass is 16.6. The lowest BCUT2D eigenvalue weighted by atomic mass is 9.80. The fourth-order valence-electron chi connectivity index (χ4n) is 1.88. The van der Waals surface area contributed by atoms with Gasteiger partial charge in [0.2, 0.25) is 5.91 Å². The molecule has 0 aromatic heterocycles. The Bertz CT molecular complexity index is 330. The van der Waals surface area contributed by atoms with Crippen molar-refractivity contribution in [2.45, 2.75) is 54.0 Å². The van der Waals surface area contributed by atoms with E-state index < -0.39 is 6.09 Å². The van der Waals surface area contributed by atoms with Crippen molar-refractivity contribution in [2.75, 3.05) is 6.61 Å². The van der Waals surface area contributed by atoms with Gasteiger partial charge in [0.1, 0.15) is 6.61 Å². The zero-order valence-corrected chi connectivity index (χ0v) is 12.3. The number of rotatable bonds is 3. The molecule has 1 aliphatic rings. The van der Waals surface area contributed by atoms with E-state index in [-0.39, 0.29) is 29.2 Å². The SMILES string of the molecule is CC(C)[C@H]1COC(=O)N1C(=O)C[C@H](C)C(C)(C)C. The Kier molecular flexibility index (Phi) is 4.41. The van der Waals surface area contributed by atoms with Crippen LogP contribution in [0.1, 0.15) is 48.0 Å². The highest BCUT2D eigenvalue weighted by Crippen LogP contribution is 2.30. The first-order valence-corrected chi connectivity index (χ1v) is 6.63. The number of amides is 2. The fourth-order valence-corrected chi connectivity index (χ4v) is 1.88. The molecule has 0 N–H and O–H groups in total. The molecule has 0 aliphatic carbocycles. The van der Waals surface area contributed by atoms with Gasteiger partial charge in [-0.25, -0.2) is 9.69 Å². The van der Waals surface area contributed by atoms with Gasteiger partial charge in [-0.2, -0.15) is 0 Å². The first-order chi connectivity index (χ1) is 8.14. The third-order valence-corrected chi connectivity index (χ3v) is 3.90. The van der Waals surface area contributed by atoms with Gasteiger partial charge in [-0.3, -0.25) is 4.79 Å². The van der Waals surface area contributed by atoms with Gasteiger partial charge in [0.25, 0.3) is 0 Å². The molecule has 4 heteroatoms. The molecule has 0 radical (unpaired) electrons. The Morgan fingerprint density at radius 1 is 1.39 bits per heavy atom. The highest BCUT2D eigenvalue weighted by Gasteiger charge is 2.40. The molecule has 104 valence electrons. The molecule has 1 aliphatic heterocycles. The van der Waals surface area contributed by atoms with Gasteiger partial charge < -0.3 is 4.74 Å². The lowest BCUT2D eigenvalue weighted by molar-refractivity contribution is -0.131. The Balaban J connectivity index is 2.73. The summed E-state index contributed by atoms with van der Waals surface area (Å²) in [5.41, 5.74) is 0.0621. The number of nitrogens with zero attached hydrogens (tertiary/aromatic N) is 1. The number of imide groups is 1. The Labute approximate surface area is 110 Å². The molecule has 0 aromatic carbocycles. The summed E-state index contributed by atoms with van der Waals surface area (Å²) in [5.74, 6) is 0.343. The number of carbonyl (C=O) groups is 2. The van der Waals surface area contributed by atoms with Crippen LogP contribution in [0.3, 0.4) is 0 Å². The normalized spacial score (nSPS) is 22.3. The van der Waals surface area contributed by atoms with E-state index in [1.165, 1.54) is 4.90 Å². The molecule has 1 rings (SSSR count). The maximum absolute atomic E-state index is 12.3. The highest BCUT2D eigenvalue weighted by molar-refractivity contribution is 5.93. The monoisotopic (exact) mass is 255 g/mol. The van der Waals surface area contributed by atoms with Gasteiger partial charge >= 0.3 is 6.09 Å². The van der Waals surface area contributed by atoms with Crippen LogP contribution in [0.2, 0.25) is 0 Å².